The number of rotatable bonds is 18. The Morgan fingerprint density at radius 2 is 1.22 bits per heavy atom. The number of carbonyl (C=O) groups is 2. The third-order valence-corrected chi connectivity index (χ3v) is 5.65. The monoisotopic (exact) mass is 501 g/mol. The first-order valence-electron chi connectivity index (χ1n) is 12.3. The van der Waals surface area contributed by atoms with E-state index in [9.17, 15) is 9.59 Å². The van der Waals surface area contributed by atoms with Gasteiger partial charge in [0.1, 0.15) is 6.61 Å². The Kier molecular flexibility index (Phi) is 12.2. The smallest absolute Gasteiger partial charge is 0.407 e. The topological polar surface area (TPSA) is 113 Å². The average molecular weight is 502 g/mol. The Bertz CT molecular complexity index is 905. The summed E-state index contributed by atoms with van der Waals surface area (Å²) in [7, 11) is 0. The van der Waals surface area contributed by atoms with Gasteiger partial charge in [0.2, 0.25) is 0 Å². The molecule has 1 amide bonds. The van der Waals surface area contributed by atoms with Crippen molar-refractivity contribution in [2.45, 2.75) is 18.8 Å². The number of carbonyl (C=O) groups excluding carboxylic acids is 1. The lowest BCUT2D eigenvalue weighted by Gasteiger charge is -2.14. The summed E-state index contributed by atoms with van der Waals surface area (Å²) >= 11 is 0. The molecule has 0 heterocycles. The molecule has 2 aromatic rings. The molecule has 1 aliphatic carbocycles. The third kappa shape index (κ3) is 9.23. The van der Waals surface area contributed by atoms with Crippen LogP contribution in [0.1, 0.15) is 29.9 Å². The molecule has 3 rings (SSSR count). The van der Waals surface area contributed by atoms with E-state index in [0.29, 0.717) is 65.8 Å². The summed E-state index contributed by atoms with van der Waals surface area (Å²) in [5, 5.41) is 11.3. The predicted molar refractivity (Wildman–Crippen MR) is 133 cm³/mol. The SMILES string of the molecule is O=C(O)CCOCCOCCOCCOCCCNC(=O)OCC1c2ccccc2-c2ccccc21. The number of ether oxygens (including phenoxy) is 5. The number of carboxylic acids is 1. The van der Waals surface area contributed by atoms with Crippen LogP contribution in [0.4, 0.5) is 4.79 Å². The lowest BCUT2D eigenvalue weighted by atomic mass is 9.98. The largest absolute Gasteiger partial charge is 0.481 e. The summed E-state index contributed by atoms with van der Waals surface area (Å²) in [4.78, 5) is 22.5. The van der Waals surface area contributed by atoms with Gasteiger partial charge in [0.05, 0.1) is 52.7 Å². The molecule has 0 unspecified atom stereocenters. The van der Waals surface area contributed by atoms with Gasteiger partial charge in [-0.1, -0.05) is 48.5 Å². The highest BCUT2D eigenvalue weighted by molar-refractivity contribution is 5.79. The van der Waals surface area contributed by atoms with Crippen LogP contribution in [-0.4, -0.2) is 83.2 Å². The van der Waals surface area contributed by atoms with Gasteiger partial charge in [-0.3, -0.25) is 4.79 Å². The van der Waals surface area contributed by atoms with E-state index in [-0.39, 0.29) is 18.9 Å². The summed E-state index contributed by atoms with van der Waals surface area (Å²) < 4.78 is 26.9. The van der Waals surface area contributed by atoms with Crippen LogP contribution >= 0.6 is 0 Å². The Morgan fingerprint density at radius 1 is 0.722 bits per heavy atom. The van der Waals surface area contributed by atoms with Crippen molar-refractivity contribution in [1.82, 2.24) is 5.32 Å². The molecule has 1 aliphatic rings. The molecule has 0 aliphatic heterocycles. The second-order valence-corrected chi connectivity index (χ2v) is 8.20. The molecular weight excluding hydrogens is 466 g/mol. The Morgan fingerprint density at radius 3 is 1.78 bits per heavy atom. The van der Waals surface area contributed by atoms with E-state index in [1.165, 1.54) is 22.3 Å². The first-order chi connectivity index (χ1) is 17.7. The van der Waals surface area contributed by atoms with Crippen LogP contribution in [0, 0.1) is 0 Å². The second-order valence-electron chi connectivity index (χ2n) is 8.20. The summed E-state index contributed by atoms with van der Waals surface area (Å²) in [6.45, 7) is 4.03. The van der Waals surface area contributed by atoms with Gasteiger partial charge >= 0.3 is 12.1 Å². The van der Waals surface area contributed by atoms with Gasteiger partial charge in [-0.15, -0.1) is 0 Å². The third-order valence-electron chi connectivity index (χ3n) is 5.65. The zero-order chi connectivity index (χ0) is 25.4. The lowest BCUT2D eigenvalue weighted by Crippen LogP contribution is -2.27. The Labute approximate surface area is 211 Å². The maximum Gasteiger partial charge on any atom is 0.407 e. The zero-order valence-corrected chi connectivity index (χ0v) is 20.5. The number of carboxylic acid groups (broad SMARTS) is 1. The van der Waals surface area contributed by atoms with Crippen molar-refractivity contribution in [3.05, 3.63) is 59.7 Å². The van der Waals surface area contributed by atoms with Crippen LogP contribution in [-0.2, 0) is 28.5 Å². The van der Waals surface area contributed by atoms with Gasteiger partial charge < -0.3 is 34.1 Å². The predicted octanol–water partition coefficient (Wildman–Crippen LogP) is 3.46. The Balaban J connectivity index is 1.14. The van der Waals surface area contributed by atoms with E-state index in [2.05, 4.69) is 29.6 Å². The zero-order valence-electron chi connectivity index (χ0n) is 20.5. The minimum atomic E-state index is -0.876. The molecule has 36 heavy (non-hydrogen) atoms. The van der Waals surface area contributed by atoms with Gasteiger partial charge in [-0.05, 0) is 28.7 Å². The summed E-state index contributed by atoms with van der Waals surface area (Å²) in [5.74, 6) is -0.826. The van der Waals surface area contributed by atoms with E-state index >= 15 is 0 Å². The quantitative estimate of drug-likeness (QED) is 0.299. The van der Waals surface area contributed by atoms with Gasteiger partial charge in [-0.25, -0.2) is 4.79 Å². The highest BCUT2D eigenvalue weighted by atomic mass is 16.6. The highest BCUT2D eigenvalue weighted by Gasteiger charge is 2.28. The molecule has 0 aromatic heterocycles. The van der Waals surface area contributed by atoms with E-state index in [0.717, 1.165) is 0 Å². The molecule has 0 bridgehead atoms. The van der Waals surface area contributed by atoms with Crippen molar-refractivity contribution in [2.24, 2.45) is 0 Å². The van der Waals surface area contributed by atoms with Gasteiger partial charge in [-0.2, -0.15) is 0 Å². The number of nitrogens with one attached hydrogen (secondary N) is 1. The van der Waals surface area contributed by atoms with Crippen LogP contribution < -0.4 is 5.32 Å². The van der Waals surface area contributed by atoms with Gasteiger partial charge in [0.25, 0.3) is 0 Å². The molecular formula is C27H35NO8. The number of fused-ring (bicyclic) bond motifs is 3. The minimum absolute atomic E-state index is 0.00538. The van der Waals surface area contributed by atoms with Gasteiger partial charge in [0.15, 0.2) is 0 Å². The van der Waals surface area contributed by atoms with E-state index in [1.807, 2.05) is 24.3 Å². The summed E-state index contributed by atoms with van der Waals surface area (Å²) in [6.07, 6.45) is 0.247. The van der Waals surface area contributed by atoms with E-state index in [1.54, 1.807) is 0 Å². The van der Waals surface area contributed by atoms with Crippen molar-refractivity contribution < 1.29 is 38.4 Å². The maximum atomic E-state index is 12.1. The Hall–Kier alpha value is -2.98. The number of aliphatic carboxylic acids is 1. The fourth-order valence-corrected chi connectivity index (χ4v) is 3.94. The van der Waals surface area contributed by atoms with Crippen molar-refractivity contribution in [2.75, 3.05) is 66.0 Å². The average Bonchev–Trinajstić information content (AvgIpc) is 3.20. The van der Waals surface area contributed by atoms with Crippen LogP contribution in [0.3, 0.4) is 0 Å². The molecule has 0 atom stereocenters. The summed E-state index contributed by atoms with van der Waals surface area (Å²) in [5.41, 5.74) is 4.79. The standard InChI is InChI=1S/C27H35NO8/c29-26(30)10-13-33-15-17-35-19-18-34-16-14-32-12-5-11-28-27(31)36-20-25-23-8-3-1-6-21(23)22-7-2-4-9-24(22)25/h1-4,6-9,25H,5,10-20H2,(H,28,31)(H,29,30). The number of alkyl carbamates (subject to hydrolysis) is 1. The number of hydrogen-bond donors (Lipinski definition) is 2. The van der Waals surface area contributed by atoms with Crippen molar-refractivity contribution >= 4 is 12.1 Å². The lowest BCUT2D eigenvalue weighted by molar-refractivity contribution is -0.138. The number of benzene rings is 2. The second kappa shape index (κ2) is 15.9. The van der Waals surface area contributed by atoms with Crippen molar-refractivity contribution in [3.8, 4) is 11.1 Å². The first-order valence-corrected chi connectivity index (χ1v) is 12.3. The fraction of sp³-hybridized carbons (Fsp3) is 0.481. The minimum Gasteiger partial charge on any atom is -0.481 e. The first kappa shape index (κ1) is 27.6. The molecule has 9 nitrogen and oxygen atoms in total. The van der Waals surface area contributed by atoms with E-state index in [4.69, 9.17) is 28.8 Å². The van der Waals surface area contributed by atoms with Crippen LogP contribution in [0.15, 0.2) is 48.5 Å². The molecule has 2 N–H and O–H groups in total. The summed E-state index contributed by atoms with van der Waals surface area (Å²) in [6, 6.07) is 16.5. The molecule has 2 aromatic carbocycles. The van der Waals surface area contributed by atoms with Gasteiger partial charge in [0, 0.05) is 19.1 Å². The van der Waals surface area contributed by atoms with E-state index < -0.39 is 12.1 Å². The normalized spacial score (nSPS) is 12.2. The van der Waals surface area contributed by atoms with Crippen LogP contribution in [0.5, 0.6) is 0 Å². The maximum absolute atomic E-state index is 12.1. The number of hydrogen-bond acceptors (Lipinski definition) is 7. The van der Waals surface area contributed by atoms with Crippen LogP contribution in [0.25, 0.3) is 11.1 Å². The molecule has 0 spiro atoms. The molecule has 0 fully saturated rings. The molecule has 0 radical (unpaired) electrons. The van der Waals surface area contributed by atoms with Crippen LogP contribution in [0.2, 0.25) is 0 Å². The fourth-order valence-electron chi connectivity index (χ4n) is 3.94. The molecule has 196 valence electrons. The van der Waals surface area contributed by atoms with Crippen molar-refractivity contribution in [3.63, 3.8) is 0 Å². The van der Waals surface area contributed by atoms with Crippen molar-refractivity contribution in [1.29, 1.82) is 0 Å². The molecule has 0 saturated carbocycles. The number of amides is 1. The molecule has 9 heteroatoms. The highest BCUT2D eigenvalue weighted by Crippen LogP contribution is 2.44. The molecule has 0 saturated heterocycles.